The Labute approximate surface area is 103 Å². The lowest BCUT2D eigenvalue weighted by Crippen LogP contribution is -2.08. The molecular weight excluding hydrogens is 289 g/mol. The van der Waals surface area contributed by atoms with Crippen LogP contribution in [0, 0.1) is 0 Å². The summed E-state index contributed by atoms with van der Waals surface area (Å²) in [6.45, 7) is 1.96. The van der Waals surface area contributed by atoms with Crippen LogP contribution in [0.1, 0.15) is 24.9 Å². The number of hydrogen-bond acceptors (Lipinski definition) is 2. The topological polar surface area (TPSA) is 46.2 Å². The molecule has 1 aromatic carbocycles. The number of halogens is 3. The maximum Gasteiger partial charge on any atom is 0.136 e. The first kappa shape index (κ1) is 14.0. The van der Waals surface area contributed by atoms with Gasteiger partial charge in [0.2, 0.25) is 0 Å². The third-order valence-corrected chi connectivity index (χ3v) is 3.29. The van der Waals surface area contributed by atoms with Crippen LogP contribution in [0.2, 0.25) is 5.02 Å². The third-order valence-electron chi connectivity index (χ3n) is 1.94. The second-order valence-corrected chi connectivity index (χ2v) is 4.01. The molecule has 1 rings (SSSR count). The first-order valence-electron chi connectivity index (χ1n) is 4.00. The van der Waals surface area contributed by atoms with E-state index in [0.717, 1.165) is 12.0 Å². The summed E-state index contributed by atoms with van der Waals surface area (Å²) in [5.41, 5.74) is 6.51. The first-order chi connectivity index (χ1) is 6.07. The lowest BCUT2D eigenvalue weighted by atomic mass is 10.0. The Morgan fingerprint density at radius 1 is 1.57 bits per heavy atom. The van der Waals surface area contributed by atoms with Crippen LogP contribution in [-0.2, 0) is 0 Å². The van der Waals surface area contributed by atoms with Crippen LogP contribution in [-0.4, -0.2) is 5.11 Å². The van der Waals surface area contributed by atoms with E-state index in [4.69, 9.17) is 17.3 Å². The molecular formula is C9H12BrCl2NO. The van der Waals surface area contributed by atoms with Crippen LogP contribution in [0.3, 0.4) is 0 Å². The van der Waals surface area contributed by atoms with Crippen LogP contribution in [0.5, 0.6) is 5.75 Å². The van der Waals surface area contributed by atoms with Crippen molar-refractivity contribution < 1.29 is 5.11 Å². The van der Waals surface area contributed by atoms with E-state index in [1.54, 1.807) is 12.1 Å². The zero-order valence-corrected chi connectivity index (χ0v) is 10.8. The highest BCUT2D eigenvalue weighted by Gasteiger charge is 2.13. The van der Waals surface area contributed by atoms with Crippen molar-refractivity contribution in [2.75, 3.05) is 0 Å². The lowest BCUT2D eigenvalue weighted by Gasteiger charge is -2.12. The Morgan fingerprint density at radius 2 is 2.14 bits per heavy atom. The van der Waals surface area contributed by atoms with E-state index in [9.17, 15) is 5.11 Å². The number of phenols is 1. The minimum Gasteiger partial charge on any atom is -0.506 e. The van der Waals surface area contributed by atoms with Gasteiger partial charge in [0.1, 0.15) is 5.75 Å². The average Bonchev–Trinajstić information content (AvgIpc) is 2.13. The molecule has 1 aromatic rings. The van der Waals surface area contributed by atoms with Gasteiger partial charge in [0.15, 0.2) is 0 Å². The molecule has 5 heteroatoms. The monoisotopic (exact) mass is 299 g/mol. The Hall–Kier alpha value is 0.0400. The molecule has 0 heterocycles. The van der Waals surface area contributed by atoms with Crippen LogP contribution in [0.25, 0.3) is 0 Å². The minimum atomic E-state index is -0.145. The Bertz CT molecular complexity index is 320. The predicted octanol–water partition coefficient (Wildman–Crippen LogP) is 3.64. The normalized spacial score (nSPS) is 12.0. The molecule has 1 atom stereocenters. The molecule has 0 saturated heterocycles. The fourth-order valence-corrected chi connectivity index (χ4v) is 1.59. The quantitative estimate of drug-likeness (QED) is 0.876. The standard InChI is InChI=1S/C9H11BrClNO.ClH/c1-2-7(12)5-3-4-6(11)8(10)9(5)13;/h3-4,7,13H,2,12H2,1H3;1H/t7-;/m0./s1. The van der Waals surface area contributed by atoms with E-state index >= 15 is 0 Å². The second-order valence-electron chi connectivity index (χ2n) is 2.81. The molecule has 0 amide bonds. The van der Waals surface area contributed by atoms with Gasteiger partial charge in [0, 0.05) is 11.6 Å². The number of hydrogen-bond donors (Lipinski definition) is 2. The smallest absolute Gasteiger partial charge is 0.136 e. The summed E-state index contributed by atoms with van der Waals surface area (Å²) in [5.74, 6) is 0.141. The zero-order valence-electron chi connectivity index (χ0n) is 7.63. The van der Waals surface area contributed by atoms with Gasteiger partial charge in [-0.2, -0.15) is 0 Å². The largest absolute Gasteiger partial charge is 0.506 e. The number of benzene rings is 1. The fraction of sp³-hybridized carbons (Fsp3) is 0.333. The van der Waals surface area contributed by atoms with Crippen molar-refractivity contribution in [2.45, 2.75) is 19.4 Å². The van der Waals surface area contributed by atoms with Gasteiger partial charge in [-0.1, -0.05) is 24.6 Å². The summed E-state index contributed by atoms with van der Waals surface area (Å²) in [6.07, 6.45) is 0.779. The molecule has 0 aliphatic heterocycles. The van der Waals surface area contributed by atoms with Crippen LogP contribution in [0.4, 0.5) is 0 Å². The molecule has 0 fully saturated rings. The number of nitrogens with two attached hydrogens (primary N) is 1. The summed E-state index contributed by atoms with van der Waals surface area (Å²) in [7, 11) is 0. The Balaban J connectivity index is 0.00000169. The summed E-state index contributed by atoms with van der Waals surface area (Å²) in [4.78, 5) is 0. The van der Waals surface area contributed by atoms with Crippen molar-refractivity contribution in [1.29, 1.82) is 0 Å². The molecule has 80 valence electrons. The van der Waals surface area contributed by atoms with E-state index < -0.39 is 0 Å². The lowest BCUT2D eigenvalue weighted by molar-refractivity contribution is 0.457. The van der Waals surface area contributed by atoms with Gasteiger partial charge in [0.05, 0.1) is 9.50 Å². The summed E-state index contributed by atoms with van der Waals surface area (Å²) in [5, 5.41) is 10.2. The van der Waals surface area contributed by atoms with E-state index in [-0.39, 0.29) is 24.2 Å². The van der Waals surface area contributed by atoms with Gasteiger partial charge in [-0.15, -0.1) is 12.4 Å². The fourth-order valence-electron chi connectivity index (χ4n) is 1.07. The van der Waals surface area contributed by atoms with E-state index in [0.29, 0.717) is 9.50 Å². The van der Waals surface area contributed by atoms with Crippen molar-refractivity contribution in [1.82, 2.24) is 0 Å². The van der Waals surface area contributed by atoms with Crippen molar-refractivity contribution in [3.05, 3.63) is 27.2 Å². The van der Waals surface area contributed by atoms with Crippen molar-refractivity contribution in [3.63, 3.8) is 0 Å². The molecule has 14 heavy (non-hydrogen) atoms. The first-order valence-corrected chi connectivity index (χ1v) is 5.17. The molecule has 3 N–H and O–H groups in total. The Morgan fingerprint density at radius 3 is 2.64 bits per heavy atom. The van der Waals surface area contributed by atoms with Gasteiger partial charge >= 0.3 is 0 Å². The number of phenolic OH excluding ortho intramolecular Hbond substituents is 1. The van der Waals surface area contributed by atoms with Crippen molar-refractivity contribution in [3.8, 4) is 5.75 Å². The average molecular weight is 301 g/mol. The highest BCUT2D eigenvalue weighted by molar-refractivity contribution is 9.10. The molecule has 2 nitrogen and oxygen atoms in total. The maximum absolute atomic E-state index is 9.67. The summed E-state index contributed by atoms with van der Waals surface area (Å²) >= 11 is 8.98. The van der Waals surface area contributed by atoms with Gasteiger partial charge in [-0.05, 0) is 28.4 Å². The third kappa shape index (κ3) is 2.76. The zero-order chi connectivity index (χ0) is 10.0. The highest BCUT2D eigenvalue weighted by atomic mass is 79.9. The van der Waals surface area contributed by atoms with Gasteiger partial charge in [0.25, 0.3) is 0 Å². The minimum absolute atomic E-state index is 0. The second kappa shape index (κ2) is 5.81. The molecule has 0 radical (unpaired) electrons. The van der Waals surface area contributed by atoms with Gasteiger partial charge < -0.3 is 10.8 Å². The van der Waals surface area contributed by atoms with Crippen molar-refractivity contribution >= 4 is 39.9 Å². The van der Waals surface area contributed by atoms with E-state index in [1.807, 2.05) is 6.92 Å². The molecule has 0 aliphatic rings. The molecule has 0 saturated carbocycles. The molecule has 0 aromatic heterocycles. The van der Waals surface area contributed by atoms with Gasteiger partial charge in [-0.25, -0.2) is 0 Å². The summed E-state index contributed by atoms with van der Waals surface area (Å²) < 4.78 is 0.510. The maximum atomic E-state index is 9.67. The van der Waals surface area contributed by atoms with Crippen molar-refractivity contribution in [2.24, 2.45) is 5.73 Å². The number of aromatic hydroxyl groups is 1. The van der Waals surface area contributed by atoms with Crippen LogP contribution >= 0.6 is 39.9 Å². The predicted molar refractivity (Wildman–Crippen MR) is 65.3 cm³/mol. The SMILES string of the molecule is CC[C@H](N)c1ccc(Cl)c(Br)c1O.Cl. The summed E-state index contributed by atoms with van der Waals surface area (Å²) in [6, 6.07) is 3.32. The van der Waals surface area contributed by atoms with Crippen LogP contribution < -0.4 is 5.73 Å². The molecule has 0 unspecified atom stereocenters. The van der Waals surface area contributed by atoms with E-state index in [1.165, 1.54) is 0 Å². The highest BCUT2D eigenvalue weighted by Crippen LogP contribution is 2.37. The Kier molecular flexibility index (Phi) is 5.83. The van der Waals surface area contributed by atoms with Gasteiger partial charge in [-0.3, -0.25) is 0 Å². The van der Waals surface area contributed by atoms with E-state index in [2.05, 4.69) is 15.9 Å². The molecule has 0 aliphatic carbocycles. The molecule has 0 bridgehead atoms. The number of rotatable bonds is 2. The molecule has 0 spiro atoms. The van der Waals surface area contributed by atoms with Crippen LogP contribution in [0.15, 0.2) is 16.6 Å².